The largest absolute Gasteiger partial charge is 0.508 e. The molecule has 2 N–H and O–H groups in total. The highest BCUT2D eigenvalue weighted by molar-refractivity contribution is 6.42. The van der Waals surface area contributed by atoms with Gasteiger partial charge in [0, 0.05) is 19.5 Å². The molecule has 2 atom stereocenters. The first-order valence-corrected chi connectivity index (χ1v) is 15.5. The summed E-state index contributed by atoms with van der Waals surface area (Å²) < 4.78 is 0. The minimum atomic E-state index is -0.862. The van der Waals surface area contributed by atoms with Crippen LogP contribution in [-0.4, -0.2) is 74.6 Å². The molecule has 0 aromatic heterocycles. The predicted octanol–water partition coefficient (Wildman–Crippen LogP) is 4.93. The van der Waals surface area contributed by atoms with Gasteiger partial charge in [-0.25, -0.2) is 9.80 Å². The molecule has 4 amide bonds. The average Bonchev–Trinajstić information content (AvgIpc) is 3.38. The van der Waals surface area contributed by atoms with Crippen LogP contribution in [0.5, 0.6) is 5.75 Å². The van der Waals surface area contributed by atoms with E-state index in [2.05, 4.69) is 5.32 Å². The summed E-state index contributed by atoms with van der Waals surface area (Å²) >= 11 is 12.2. The molecule has 6 rings (SSSR count). The summed E-state index contributed by atoms with van der Waals surface area (Å²) in [5, 5.41) is 27.9. The summed E-state index contributed by atoms with van der Waals surface area (Å²) in [6, 6.07) is 26.0. The first-order chi connectivity index (χ1) is 22.2. The summed E-state index contributed by atoms with van der Waals surface area (Å²) in [4.78, 5) is 44.6. The van der Waals surface area contributed by atoms with E-state index in [4.69, 9.17) is 23.2 Å². The van der Waals surface area contributed by atoms with Gasteiger partial charge in [0.1, 0.15) is 24.5 Å². The fourth-order valence-electron chi connectivity index (χ4n) is 6.15. The number of nitrogens with one attached hydrogen (secondary N) is 1. The van der Waals surface area contributed by atoms with Crippen LogP contribution in [0.1, 0.15) is 16.7 Å². The molecule has 12 heteroatoms. The molecular weight excluding hydrogens is 627 g/mol. The first kappa shape index (κ1) is 31.2. The fraction of sp³-hybridized carbons (Fsp3) is 0.235. The zero-order chi connectivity index (χ0) is 32.4. The molecule has 0 saturated carbocycles. The number of nitrogens with zero attached hydrogens (tertiary/aromatic N) is 5. The van der Waals surface area contributed by atoms with Crippen molar-refractivity contribution in [3.05, 3.63) is 112 Å². The molecule has 46 heavy (non-hydrogen) atoms. The second-order valence-electron chi connectivity index (χ2n) is 11.2. The number of hydrogen-bond acceptors (Lipinski definition) is 6. The van der Waals surface area contributed by atoms with E-state index in [0.717, 1.165) is 21.9 Å². The van der Waals surface area contributed by atoms with E-state index < -0.39 is 18.2 Å². The Morgan fingerprint density at radius 1 is 0.978 bits per heavy atom. The summed E-state index contributed by atoms with van der Waals surface area (Å²) in [5.41, 5.74) is 2.42. The normalized spacial score (nSPS) is 18.0. The maximum absolute atomic E-state index is 14.2. The van der Waals surface area contributed by atoms with Crippen molar-refractivity contribution in [1.82, 2.24) is 25.1 Å². The van der Waals surface area contributed by atoms with Crippen LogP contribution in [0.25, 0.3) is 10.8 Å². The zero-order valence-corrected chi connectivity index (χ0v) is 26.2. The van der Waals surface area contributed by atoms with Crippen LogP contribution in [0.3, 0.4) is 0 Å². The lowest BCUT2D eigenvalue weighted by atomic mass is 9.99. The molecule has 0 bridgehead atoms. The number of phenolic OH excluding ortho intramolecular Hbond substituents is 1. The van der Waals surface area contributed by atoms with Crippen LogP contribution in [0.15, 0.2) is 84.9 Å². The Kier molecular flexibility index (Phi) is 8.99. The van der Waals surface area contributed by atoms with Gasteiger partial charge in [-0.3, -0.25) is 9.59 Å². The van der Waals surface area contributed by atoms with E-state index in [9.17, 15) is 24.8 Å². The third-order valence-electron chi connectivity index (χ3n) is 8.37. The van der Waals surface area contributed by atoms with Crippen molar-refractivity contribution >= 4 is 51.8 Å². The van der Waals surface area contributed by atoms with Crippen LogP contribution in [0.4, 0.5) is 4.79 Å². The van der Waals surface area contributed by atoms with Crippen molar-refractivity contribution in [2.45, 2.75) is 31.7 Å². The van der Waals surface area contributed by atoms with Gasteiger partial charge in [0.15, 0.2) is 0 Å². The number of benzene rings is 4. The van der Waals surface area contributed by atoms with Crippen LogP contribution in [-0.2, 0) is 29.1 Å². The molecule has 2 aliphatic heterocycles. The van der Waals surface area contributed by atoms with Crippen molar-refractivity contribution in [3.8, 4) is 11.8 Å². The van der Waals surface area contributed by atoms with E-state index in [1.165, 1.54) is 9.91 Å². The molecule has 2 fully saturated rings. The number of nitriles is 1. The lowest BCUT2D eigenvalue weighted by molar-refractivity contribution is -0.157. The zero-order valence-electron chi connectivity index (χ0n) is 24.6. The highest BCUT2D eigenvalue weighted by Crippen LogP contribution is 2.31. The van der Waals surface area contributed by atoms with Gasteiger partial charge in [-0.2, -0.15) is 10.3 Å². The van der Waals surface area contributed by atoms with Crippen molar-refractivity contribution in [2.24, 2.45) is 0 Å². The standard InChI is InChI=1S/C34H30Cl2N6O4/c35-28-13-10-23(16-29(28)36)18-38-34(46)40(15-14-37)41-21-32(44)42-30(17-22-8-11-26(43)12-9-22)33(45)39(20-31(41)42)19-25-6-3-5-24-4-1-2-7-27(24)25/h1-13,16,30-31,43H,15,17-21H2,(H,38,46)/t30-,31+/m0/s1. The third kappa shape index (κ3) is 6.30. The molecule has 234 valence electrons. The van der Waals surface area contributed by atoms with Crippen LogP contribution < -0.4 is 5.32 Å². The highest BCUT2D eigenvalue weighted by atomic mass is 35.5. The topological polar surface area (TPSA) is 120 Å². The third-order valence-corrected chi connectivity index (χ3v) is 9.10. The quantitative estimate of drug-likeness (QED) is 0.260. The Bertz CT molecular complexity index is 1840. The average molecular weight is 658 g/mol. The van der Waals surface area contributed by atoms with Crippen molar-refractivity contribution in [1.29, 1.82) is 5.26 Å². The summed E-state index contributed by atoms with van der Waals surface area (Å²) in [6.07, 6.45) is -0.491. The maximum Gasteiger partial charge on any atom is 0.333 e. The summed E-state index contributed by atoms with van der Waals surface area (Å²) in [7, 11) is 0. The first-order valence-electron chi connectivity index (χ1n) is 14.7. The molecule has 10 nitrogen and oxygen atoms in total. The fourth-order valence-corrected chi connectivity index (χ4v) is 6.47. The van der Waals surface area contributed by atoms with Crippen LogP contribution in [0.2, 0.25) is 10.0 Å². The second-order valence-corrected chi connectivity index (χ2v) is 12.1. The molecule has 2 aliphatic rings. The number of aromatic hydroxyl groups is 1. The van der Waals surface area contributed by atoms with E-state index >= 15 is 0 Å². The molecular formula is C34H30Cl2N6O4. The van der Waals surface area contributed by atoms with E-state index in [1.54, 1.807) is 52.4 Å². The smallest absolute Gasteiger partial charge is 0.333 e. The lowest BCUT2D eigenvalue weighted by Gasteiger charge is -2.46. The number of rotatable bonds is 8. The van der Waals surface area contributed by atoms with Gasteiger partial charge in [-0.05, 0) is 51.7 Å². The van der Waals surface area contributed by atoms with E-state index in [-0.39, 0.29) is 50.2 Å². The molecule has 4 aromatic rings. The second kappa shape index (κ2) is 13.3. The molecule has 0 unspecified atom stereocenters. The number of urea groups is 1. The summed E-state index contributed by atoms with van der Waals surface area (Å²) in [5.74, 6) is -0.452. The Morgan fingerprint density at radius 3 is 2.48 bits per heavy atom. The van der Waals surface area contributed by atoms with E-state index in [1.807, 2.05) is 48.5 Å². The van der Waals surface area contributed by atoms with Crippen molar-refractivity contribution in [2.75, 3.05) is 19.6 Å². The van der Waals surface area contributed by atoms with E-state index in [0.29, 0.717) is 22.2 Å². The lowest BCUT2D eigenvalue weighted by Crippen LogP contribution is -2.66. The van der Waals surface area contributed by atoms with Crippen molar-refractivity contribution in [3.63, 3.8) is 0 Å². The number of hydrazine groups is 1. The number of amides is 4. The van der Waals surface area contributed by atoms with Gasteiger partial charge in [-0.15, -0.1) is 0 Å². The Labute approximate surface area is 275 Å². The van der Waals surface area contributed by atoms with Gasteiger partial charge in [-0.1, -0.05) is 83.9 Å². The molecule has 2 saturated heterocycles. The minimum absolute atomic E-state index is 0.0941. The minimum Gasteiger partial charge on any atom is -0.508 e. The Hall–Kier alpha value is -4.82. The molecule has 2 heterocycles. The maximum atomic E-state index is 14.2. The number of phenols is 1. The van der Waals surface area contributed by atoms with Gasteiger partial charge in [0.25, 0.3) is 0 Å². The Balaban J connectivity index is 1.31. The van der Waals surface area contributed by atoms with Crippen LogP contribution in [0, 0.1) is 11.3 Å². The monoisotopic (exact) mass is 656 g/mol. The van der Waals surface area contributed by atoms with Crippen LogP contribution >= 0.6 is 23.2 Å². The number of fused-ring (bicyclic) bond motifs is 2. The summed E-state index contributed by atoms with van der Waals surface area (Å²) in [6.45, 7) is 0.0317. The SMILES string of the molecule is N#CCN(C(=O)NCc1ccc(Cl)c(Cl)c1)N1CC(=O)N2[C@@H](Cc3ccc(O)cc3)C(=O)N(Cc3cccc4ccccc34)C[C@@H]21. The predicted molar refractivity (Wildman–Crippen MR) is 173 cm³/mol. The molecule has 0 radical (unpaired) electrons. The number of hydrogen-bond donors (Lipinski definition) is 2. The Morgan fingerprint density at radius 2 is 1.72 bits per heavy atom. The van der Waals surface area contributed by atoms with Gasteiger partial charge >= 0.3 is 6.03 Å². The van der Waals surface area contributed by atoms with Gasteiger partial charge in [0.05, 0.1) is 29.2 Å². The molecule has 0 aliphatic carbocycles. The molecule has 4 aromatic carbocycles. The van der Waals surface area contributed by atoms with Crippen molar-refractivity contribution < 1.29 is 19.5 Å². The number of carbonyl (C=O) groups excluding carboxylic acids is 3. The number of carbonyl (C=O) groups is 3. The number of piperazine rings is 1. The molecule has 0 spiro atoms. The van der Waals surface area contributed by atoms with Gasteiger partial charge in [0.2, 0.25) is 11.8 Å². The number of halogens is 2. The highest BCUT2D eigenvalue weighted by Gasteiger charge is 2.52. The van der Waals surface area contributed by atoms with Gasteiger partial charge < -0.3 is 20.2 Å².